The summed E-state index contributed by atoms with van der Waals surface area (Å²) in [5.41, 5.74) is 0.683. The first-order valence-corrected chi connectivity index (χ1v) is 8.54. The second-order valence-corrected chi connectivity index (χ2v) is 6.40. The first kappa shape index (κ1) is 17.0. The summed E-state index contributed by atoms with van der Waals surface area (Å²) in [7, 11) is 1.70. The predicted octanol–water partition coefficient (Wildman–Crippen LogP) is 1.07. The topological polar surface area (TPSA) is 64.4 Å². The van der Waals surface area contributed by atoms with E-state index in [4.69, 9.17) is 4.74 Å². The molecule has 1 unspecified atom stereocenters. The molecule has 0 spiro atoms. The quantitative estimate of drug-likeness (QED) is 0.598. The van der Waals surface area contributed by atoms with Crippen molar-refractivity contribution in [1.29, 1.82) is 0 Å². The van der Waals surface area contributed by atoms with Crippen LogP contribution in [0.4, 0.5) is 0 Å². The molecule has 0 radical (unpaired) electrons. The lowest BCUT2D eigenvalue weighted by atomic mass is 10.2. The molecule has 0 bridgehead atoms. The number of nitrogens with zero attached hydrogens (tertiary/aromatic N) is 3. The third-order valence-corrected chi connectivity index (χ3v) is 5.12. The molecular formula is C15H23N3O3S. The molecule has 0 aromatic carbocycles. The smallest absolute Gasteiger partial charge is 0.254 e. The highest BCUT2D eigenvalue weighted by atomic mass is 32.2. The molecule has 7 heteroatoms. The summed E-state index contributed by atoms with van der Waals surface area (Å²) >= 11 is 1.38. The number of rotatable bonds is 5. The number of amides is 1. The lowest BCUT2D eigenvalue weighted by Gasteiger charge is -2.29. The normalized spacial score (nSPS) is 16.6. The van der Waals surface area contributed by atoms with Crippen molar-refractivity contribution in [2.24, 2.45) is 7.05 Å². The van der Waals surface area contributed by atoms with Crippen LogP contribution >= 0.6 is 11.8 Å². The summed E-state index contributed by atoms with van der Waals surface area (Å²) in [5, 5.41) is 0.390. The Morgan fingerprint density at radius 1 is 1.41 bits per heavy atom. The SMILES string of the molecule is CCc1cc(=O)n(C)c(SC(CC)C(=O)N2CCOCC2)n1. The highest BCUT2D eigenvalue weighted by Gasteiger charge is 2.26. The van der Waals surface area contributed by atoms with Gasteiger partial charge in [0.2, 0.25) is 5.91 Å². The van der Waals surface area contributed by atoms with Crippen LogP contribution in [-0.2, 0) is 23.0 Å². The van der Waals surface area contributed by atoms with E-state index in [0.29, 0.717) is 44.3 Å². The van der Waals surface area contributed by atoms with Gasteiger partial charge in [-0.05, 0) is 12.8 Å². The van der Waals surface area contributed by atoms with Crippen molar-refractivity contribution in [3.8, 4) is 0 Å². The minimum atomic E-state index is -0.219. The lowest BCUT2D eigenvalue weighted by Crippen LogP contribution is -2.44. The summed E-state index contributed by atoms with van der Waals surface area (Å²) in [6.45, 7) is 6.41. The zero-order valence-electron chi connectivity index (χ0n) is 13.4. The minimum absolute atomic E-state index is 0.0805. The molecule has 1 aliphatic rings. The molecule has 0 N–H and O–H groups in total. The van der Waals surface area contributed by atoms with Crippen LogP contribution in [0.5, 0.6) is 0 Å². The van der Waals surface area contributed by atoms with E-state index in [2.05, 4.69) is 4.98 Å². The number of aromatic nitrogens is 2. The molecule has 0 aliphatic carbocycles. The monoisotopic (exact) mass is 325 g/mol. The average molecular weight is 325 g/mol. The van der Waals surface area contributed by atoms with Crippen LogP contribution in [0.1, 0.15) is 26.0 Å². The first-order valence-electron chi connectivity index (χ1n) is 7.67. The van der Waals surface area contributed by atoms with Gasteiger partial charge in [-0.15, -0.1) is 0 Å². The Kier molecular flexibility index (Phi) is 6.02. The summed E-state index contributed by atoms with van der Waals surface area (Å²) < 4.78 is 6.80. The molecule has 1 aromatic rings. The Morgan fingerprint density at radius 2 is 2.09 bits per heavy atom. The minimum Gasteiger partial charge on any atom is -0.378 e. The third kappa shape index (κ3) is 3.89. The fourth-order valence-corrected chi connectivity index (χ4v) is 3.36. The van der Waals surface area contributed by atoms with Crippen molar-refractivity contribution in [2.75, 3.05) is 26.3 Å². The van der Waals surface area contributed by atoms with Crippen molar-refractivity contribution in [1.82, 2.24) is 14.5 Å². The molecule has 1 saturated heterocycles. The second kappa shape index (κ2) is 7.78. The number of hydrogen-bond donors (Lipinski definition) is 0. The molecule has 1 aliphatic heterocycles. The molecule has 2 heterocycles. The Hall–Kier alpha value is -1.34. The average Bonchev–Trinajstić information content (AvgIpc) is 2.56. The molecule has 1 aromatic heterocycles. The number of hydrogen-bond acceptors (Lipinski definition) is 5. The zero-order chi connectivity index (χ0) is 16.1. The molecule has 1 fully saturated rings. The van der Waals surface area contributed by atoms with Gasteiger partial charge in [0.05, 0.1) is 18.5 Å². The molecule has 2 rings (SSSR count). The number of thioether (sulfide) groups is 1. The van der Waals surface area contributed by atoms with Crippen LogP contribution in [-0.4, -0.2) is 51.9 Å². The van der Waals surface area contributed by atoms with Crippen molar-refractivity contribution < 1.29 is 9.53 Å². The highest BCUT2D eigenvalue weighted by molar-refractivity contribution is 8.00. The maximum atomic E-state index is 12.6. The predicted molar refractivity (Wildman–Crippen MR) is 86.2 cm³/mol. The van der Waals surface area contributed by atoms with Gasteiger partial charge in [-0.3, -0.25) is 14.2 Å². The summed E-state index contributed by atoms with van der Waals surface area (Å²) in [5.74, 6) is 0.104. The van der Waals surface area contributed by atoms with Crippen LogP contribution in [0, 0.1) is 0 Å². The Bertz CT molecular complexity index is 582. The summed E-state index contributed by atoms with van der Waals surface area (Å²) in [4.78, 5) is 30.9. The number of carbonyl (C=O) groups excluding carboxylic acids is 1. The van der Waals surface area contributed by atoms with Gasteiger partial charge < -0.3 is 9.64 Å². The zero-order valence-corrected chi connectivity index (χ0v) is 14.2. The van der Waals surface area contributed by atoms with E-state index in [1.54, 1.807) is 13.1 Å². The second-order valence-electron chi connectivity index (χ2n) is 5.23. The number of carbonyl (C=O) groups is 1. The van der Waals surface area contributed by atoms with Crippen molar-refractivity contribution in [3.05, 3.63) is 22.1 Å². The fourth-order valence-electron chi connectivity index (χ4n) is 2.27. The molecule has 22 heavy (non-hydrogen) atoms. The van der Waals surface area contributed by atoms with E-state index >= 15 is 0 Å². The van der Waals surface area contributed by atoms with E-state index in [1.807, 2.05) is 18.7 Å². The van der Waals surface area contributed by atoms with Gasteiger partial charge in [0.25, 0.3) is 5.56 Å². The molecule has 1 atom stereocenters. The van der Waals surface area contributed by atoms with Gasteiger partial charge in [0.1, 0.15) is 0 Å². The number of morpholine rings is 1. The van der Waals surface area contributed by atoms with E-state index < -0.39 is 0 Å². The molecule has 122 valence electrons. The van der Waals surface area contributed by atoms with E-state index in [0.717, 1.165) is 5.69 Å². The first-order chi connectivity index (χ1) is 10.6. The van der Waals surface area contributed by atoms with Crippen molar-refractivity contribution in [2.45, 2.75) is 37.1 Å². The standard InChI is InChI=1S/C15H23N3O3S/c1-4-11-10-13(19)17(3)15(16-11)22-12(5-2)14(20)18-6-8-21-9-7-18/h10,12H,4-9H2,1-3H3. The third-order valence-electron chi connectivity index (χ3n) is 3.73. The maximum Gasteiger partial charge on any atom is 0.254 e. The number of ether oxygens (including phenoxy) is 1. The van der Waals surface area contributed by atoms with Gasteiger partial charge in [-0.25, -0.2) is 4.98 Å². The van der Waals surface area contributed by atoms with Crippen LogP contribution < -0.4 is 5.56 Å². The van der Waals surface area contributed by atoms with Gasteiger partial charge in [-0.2, -0.15) is 0 Å². The molecule has 6 nitrogen and oxygen atoms in total. The van der Waals surface area contributed by atoms with Crippen LogP contribution in [0.15, 0.2) is 16.0 Å². The van der Waals surface area contributed by atoms with Gasteiger partial charge >= 0.3 is 0 Å². The summed E-state index contributed by atoms with van der Waals surface area (Å²) in [6.07, 6.45) is 1.41. The van der Waals surface area contributed by atoms with E-state index in [9.17, 15) is 9.59 Å². The Morgan fingerprint density at radius 3 is 2.68 bits per heavy atom. The lowest BCUT2D eigenvalue weighted by molar-refractivity contribution is -0.134. The maximum absolute atomic E-state index is 12.6. The van der Waals surface area contributed by atoms with Crippen LogP contribution in [0.25, 0.3) is 0 Å². The van der Waals surface area contributed by atoms with Gasteiger partial charge in [-0.1, -0.05) is 25.6 Å². The molecular weight excluding hydrogens is 302 g/mol. The fraction of sp³-hybridized carbons (Fsp3) is 0.667. The van der Waals surface area contributed by atoms with E-state index in [1.165, 1.54) is 16.3 Å². The Balaban J connectivity index is 2.17. The molecule has 0 saturated carbocycles. The van der Waals surface area contributed by atoms with Crippen LogP contribution in [0.2, 0.25) is 0 Å². The van der Waals surface area contributed by atoms with Crippen molar-refractivity contribution in [3.63, 3.8) is 0 Å². The summed E-state index contributed by atoms with van der Waals surface area (Å²) in [6, 6.07) is 1.55. The van der Waals surface area contributed by atoms with Gasteiger partial charge in [0.15, 0.2) is 5.16 Å². The highest BCUT2D eigenvalue weighted by Crippen LogP contribution is 2.25. The van der Waals surface area contributed by atoms with Crippen LogP contribution in [0.3, 0.4) is 0 Å². The largest absolute Gasteiger partial charge is 0.378 e. The van der Waals surface area contributed by atoms with Crippen molar-refractivity contribution >= 4 is 17.7 Å². The van der Waals surface area contributed by atoms with Gasteiger partial charge in [0, 0.05) is 31.9 Å². The number of aryl methyl sites for hydroxylation is 1. The Labute approximate surface area is 134 Å². The van der Waals surface area contributed by atoms with E-state index in [-0.39, 0.29) is 16.7 Å². The molecule has 1 amide bonds.